The van der Waals surface area contributed by atoms with E-state index in [4.69, 9.17) is 4.74 Å². The maximum absolute atomic E-state index is 12.1. The van der Waals surface area contributed by atoms with Gasteiger partial charge in [-0.05, 0) is 12.3 Å². The second kappa shape index (κ2) is 6.39. The van der Waals surface area contributed by atoms with Gasteiger partial charge in [0, 0.05) is 12.6 Å². The molecule has 3 amide bonds. The molecule has 6 nitrogen and oxygen atoms in total. The Labute approximate surface area is 122 Å². The number of imide groups is 1. The van der Waals surface area contributed by atoms with Crippen LogP contribution >= 0.6 is 0 Å². The molecule has 0 bridgehead atoms. The van der Waals surface area contributed by atoms with E-state index in [1.807, 2.05) is 6.92 Å². The molecule has 0 spiro atoms. The van der Waals surface area contributed by atoms with Crippen LogP contribution in [0, 0.1) is 11.8 Å². The van der Waals surface area contributed by atoms with Crippen LogP contribution in [0.2, 0.25) is 0 Å². The number of carbonyl (C=O) groups excluding carboxylic acids is 3. The summed E-state index contributed by atoms with van der Waals surface area (Å²) in [7, 11) is 1.40. The number of amides is 3. The van der Waals surface area contributed by atoms with Crippen LogP contribution in [0.1, 0.15) is 25.0 Å². The Morgan fingerprint density at radius 1 is 1.24 bits per heavy atom. The van der Waals surface area contributed by atoms with Crippen molar-refractivity contribution in [1.29, 1.82) is 0 Å². The predicted octanol–water partition coefficient (Wildman–Crippen LogP) is 1.38. The molecule has 1 aliphatic carbocycles. The minimum atomic E-state index is -1.12. The van der Waals surface area contributed by atoms with Gasteiger partial charge in [-0.1, -0.05) is 37.3 Å². The van der Waals surface area contributed by atoms with E-state index < -0.39 is 24.0 Å². The lowest BCUT2D eigenvalue weighted by Crippen LogP contribution is -2.41. The molecule has 0 radical (unpaired) electrons. The molecule has 1 saturated carbocycles. The highest BCUT2D eigenvalue weighted by atomic mass is 16.5. The number of rotatable bonds is 4. The van der Waals surface area contributed by atoms with Gasteiger partial charge >= 0.3 is 12.0 Å². The van der Waals surface area contributed by atoms with Gasteiger partial charge in [-0.25, -0.2) is 4.79 Å². The second-order valence-corrected chi connectivity index (χ2v) is 5.12. The van der Waals surface area contributed by atoms with Gasteiger partial charge in [0.15, 0.2) is 0 Å². The van der Waals surface area contributed by atoms with Gasteiger partial charge in [0.05, 0.1) is 5.92 Å². The van der Waals surface area contributed by atoms with Gasteiger partial charge in [-0.15, -0.1) is 0 Å². The zero-order chi connectivity index (χ0) is 15.4. The van der Waals surface area contributed by atoms with Crippen molar-refractivity contribution >= 4 is 17.9 Å². The minimum Gasteiger partial charge on any atom is -0.447 e. The zero-order valence-electron chi connectivity index (χ0n) is 12.0. The Bertz CT molecular complexity index is 544. The Hall–Kier alpha value is -2.37. The molecule has 1 aromatic rings. The zero-order valence-corrected chi connectivity index (χ0v) is 12.0. The Morgan fingerprint density at radius 3 is 2.38 bits per heavy atom. The van der Waals surface area contributed by atoms with Gasteiger partial charge in [-0.2, -0.15) is 0 Å². The number of esters is 1. The molecular formula is C15H18N2O4. The maximum atomic E-state index is 12.1. The number of carbonyl (C=O) groups is 3. The Balaban J connectivity index is 2.12. The molecule has 2 N–H and O–H groups in total. The van der Waals surface area contributed by atoms with Crippen molar-refractivity contribution in [3.63, 3.8) is 0 Å². The first kappa shape index (κ1) is 15.0. The van der Waals surface area contributed by atoms with Crippen molar-refractivity contribution in [2.75, 3.05) is 7.05 Å². The average molecular weight is 290 g/mol. The normalized spacial score (nSPS) is 21.0. The third-order valence-electron chi connectivity index (χ3n) is 3.45. The molecule has 0 heterocycles. The topological polar surface area (TPSA) is 84.5 Å². The van der Waals surface area contributed by atoms with Crippen molar-refractivity contribution in [3.8, 4) is 0 Å². The molecular weight excluding hydrogens is 272 g/mol. The number of benzene rings is 1. The van der Waals surface area contributed by atoms with Crippen molar-refractivity contribution in [1.82, 2.24) is 10.6 Å². The highest BCUT2D eigenvalue weighted by Crippen LogP contribution is 2.39. The lowest BCUT2D eigenvalue weighted by atomic mass is 10.1. The van der Waals surface area contributed by atoms with Crippen LogP contribution in [-0.4, -0.2) is 25.0 Å². The quantitative estimate of drug-likeness (QED) is 0.821. The molecule has 0 unspecified atom stereocenters. The Morgan fingerprint density at radius 2 is 1.86 bits per heavy atom. The highest BCUT2D eigenvalue weighted by Gasteiger charge is 2.42. The lowest BCUT2D eigenvalue weighted by Gasteiger charge is -2.17. The van der Waals surface area contributed by atoms with E-state index in [0.29, 0.717) is 5.56 Å². The summed E-state index contributed by atoms with van der Waals surface area (Å²) in [4.78, 5) is 35.3. The summed E-state index contributed by atoms with van der Waals surface area (Å²) in [6.07, 6.45) is -0.346. The first-order valence-corrected chi connectivity index (χ1v) is 6.81. The van der Waals surface area contributed by atoms with Crippen molar-refractivity contribution in [2.45, 2.75) is 19.4 Å². The van der Waals surface area contributed by atoms with Gasteiger partial charge < -0.3 is 10.1 Å². The fraction of sp³-hybridized carbons (Fsp3) is 0.400. The molecule has 112 valence electrons. The molecule has 1 aromatic carbocycles. The molecule has 0 saturated heterocycles. The SMILES string of the molecule is CNC(=O)NC(=O)[C@@H](OC(=O)[C@@H]1C[C@@H]1C)c1ccccc1. The molecule has 1 aliphatic rings. The lowest BCUT2D eigenvalue weighted by molar-refractivity contribution is -0.157. The van der Waals surface area contributed by atoms with E-state index in [1.165, 1.54) is 7.05 Å². The second-order valence-electron chi connectivity index (χ2n) is 5.12. The van der Waals surface area contributed by atoms with Crippen LogP contribution < -0.4 is 10.6 Å². The van der Waals surface area contributed by atoms with Crippen molar-refractivity contribution in [3.05, 3.63) is 35.9 Å². The summed E-state index contributed by atoms with van der Waals surface area (Å²) in [6, 6.07) is 7.99. The number of hydrogen-bond acceptors (Lipinski definition) is 4. The van der Waals surface area contributed by atoms with E-state index >= 15 is 0 Å². The van der Waals surface area contributed by atoms with Gasteiger partial charge in [0.1, 0.15) is 0 Å². The molecule has 0 aromatic heterocycles. The predicted molar refractivity (Wildman–Crippen MR) is 75.1 cm³/mol. The van der Waals surface area contributed by atoms with Crippen LogP contribution in [0.15, 0.2) is 30.3 Å². The summed E-state index contributed by atoms with van der Waals surface area (Å²) < 4.78 is 5.31. The van der Waals surface area contributed by atoms with Crippen LogP contribution in [0.25, 0.3) is 0 Å². The molecule has 21 heavy (non-hydrogen) atoms. The Kier molecular flexibility index (Phi) is 4.57. The third-order valence-corrected chi connectivity index (χ3v) is 3.45. The largest absolute Gasteiger partial charge is 0.447 e. The molecule has 6 heteroatoms. The van der Waals surface area contributed by atoms with Crippen LogP contribution in [0.4, 0.5) is 4.79 Å². The van der Waals surface area contributed by atoms with E-state index in [9.17, 15) is 14.4 Å². The summed E-state index contributed by atoms with van der Waals surface area (Å²) in [5.41, 5.74) is 0.528. The summed E-state index contributed by atoms with van der Waals surface area (Å²) >= 11 is 0. The maximum Gasteiger partial charge on any atom is 0.321 e. The van der Waals surface area contributed by atoms with Crippen LogP contribution in [0.5, 0.6) is 0 Å². The molecule has 3 atom stereocenters. The fourth-order valence-electron chi connectivity index (χ4n) is 1.99. The highest BCUT2D eigenvalue weighted by molar-refractivity contribution is 5.97. The van der Waals surface area contributed by atoms with Gasteiger partial charge in [-0.3, -0.25) is 14.9 Å². The van der Waals surface area contributed by atoms with Crippen LogP contribution in [-0.2, 0) is 14.3 Å². The van der Waals surface area contributed by atoms with E-state index in [-0.39, 0.29) is 11.8 Å². The first-order chi connectivity index (χ1) is 10.0. The molecule has 1 fully saturated rings. The number of urea groups is 1. The number of hydrogen-bond donors (Lipinski definition) is 2. The molecule has 0 aliphatic heterocycles. The van der Waals surface area contributed by atoms with E-state index in [0.717, 1.165) is 6.42 Å². The third kappa shape index (κ3) is 3.81. The van der Waals surface area contributed by atoms with Crippen molar-refractivity contribution in [2.24, 2.45) is 11.8 Å². The van der Waals surface area contributed by atoms with Crippen molar-refractivity contribution < 1.29 is 19.1 Å². The smallest absolute Gasteiger partial charge is 0.321 e. The van der Waals surface area contributed by atoms with E-state index in [2.05, 4.69) is 10.6 Å². The average Bonchev–Trinajstić information content (AvgIpc) is 3.22. The number of nitrogens with one attached hydrogen (secondary N) is 2. The minimum absolute atomic E-state index is 0.149. The first-order valence-electron chi connectivity index (χ1n) is 6.81. The fourth-order valence-corrected chi connectivity index (χ4v) is 1.99. The summed E-state index contributed by atoms with van der Waals surface area (Å²) in [5.74, 6) is -0.925. The van der Waals surface area contributed by atoms with E-state index in [1.54, 1.807) is 30.3 Å². The van der Waals surface area contributed by atoms with Crippen LogP contribution in [0.3, 0.4) is 0 Å². The molecule has 2 rings (SSSR count). The number of ether oxygens (including phenoxy) is 1. The monoisotopic (exact) mass is 290 g/mol. The summed E-state index contributed by atoms with van der Waals surface area (Å²) in [5, 5.41) is 4.42. The van der Waals surface area contributed by atoms with Gasteiger partial charge in [0.2, 0.25) is 6.10 Å². The van der Waals surface area contributed by atoms with Gasteiger partial charge in [0.25, 0.3) is 5.91 Å². The summed E-state index contributed by atoms with van der Waals surface area (Å²) in [6.45, 7) is 1.95. The standard InChI is InChI=1S/C15H18N2O4/c1-9-8-11(9)14(19)21-12(10-6-4-3-5-7-10)13(18)17-15(20)16-2/h3-7,9,11-12H,8H2,1-2H3,(H2,16,17,18,20)/t9-,11+,12-/m0/s1.